The maximum atomic E-state index is 13.6. The van der Waals surface area contributed by atoms with Gasteiger partial charge in [-0.1, -0.05) is 40.0 Å². The molecule has 3 amide bonds. The minimum atomic E-state index is -0.837. The molecule has 0 aromatic carbocycles. The SMILES string of the molecule is CC(C)OC(=O)N[C@H](CC(C)(C)C)C(=O)N1C[C@H](C(=N)N)C[C@H]1C(=O)NCC1CCCCC1. The molecule has 9 nitrogen and oxygen atoms in total. The Labute approximate surface area is 198 Å². The van der Waals surface area contributed by atoms with Crippen LogP contribution in [-0.2, 0) is 14.3 Å². The van der Waals surface area contributed by atoms with E-state index in [0.717, 1.165) is 12.8 Å². The number of likely N-dealkylation sites (tertiary alicyclic amines) is 1. The van der Waals surface area contributed by atoms with E-state index in [1.807, 2.05) is 20.8 Å². The van der Waals surface area contributed by atoms with Gasteiger partial charge in [0.15, 0.2) is 0 Å². The highest BCUT2D eigenvalue weighted by molar-refractivity contribution is 5.93. The normalized spacial score (nSPS) is 22.7. The third kappa shape index (κ3) is 8.51. The van der Waals surface area contributed by atoms with Crippen molar-refractivity contribution in [2.24, 2.45) is 23.0 Å². The van der Waals surface area contributed by atoms with Crippen molar-refractivity contribution in [3.05, 3.63) is 0 Å². The van der Waals surface area contributed by atoms with Gasteiger partial charge in [-0.15, -0.1) is 0 Å². The van der Waals surface area contributed by atoms with Crippen molar-refractivity contribution in [2.75, 3.05) is 13.1 Å². The minimum absolute atomic E-state index is 0.0325. The van der Waals surface area contributed by atoms with Gasteiger partial charge in [0, 0.05) is 19.0 Å². The molecule has 0 unspecified atom stereocenters. The molecular formula is C24H43N5O4. The third-order valence-electron chi connectivity index (χ3n) is 6.37. The summed E-state index contributed by atoms with van der Waals surface area (Å²) in [4.78, 5) is 40.5. The Morgan fingerprint density at radius 2 is 1.79 bits per heavy atom. The van der Waals surface area contributed by atoms with Crippen molar-refractivity contribution in [1.82, 2.24) is 15.5 Å². The standard InChI is InChI=1S/C24H43N5O4/c1-15(2)33-23(32)28-18(12-24(3,4)5)22(31)29-14-17(20(25)26)11-19(29)21(30)27-13-16-9-7-6-8-10-16/h15-19H,6-14H2,1-5H3,(H3,25,26)(H,27,30)(H,28,32)/t17-,18-,19+/m1/s1. The lowest BCUT2D eigenvalue weighted by molar-refractivity contribution is -0.140. The zero-order valence-electron chi connectivity index (χ0n) is 20.9. The van der Waals surface area contributed by atoms with E-state index in [-0.39, 0.29) is 41.6 Å². The first-order valence-corrected chi connectivity index (χ1v) is 12.3. The summed E-state index contributed by atoms with van der Waals surface area (Å²) in [5.41, 5.74) is 5.50. The van der Waals surface area contributed by atoms with Crippen LogP contribution in [0.5, 0.6) is 0 Å². The molecule has 3 atom stereocenters. The topological polar surface area (TPSA) is 138 Å². The predicted octanol–water partition coefficient (Wildman–Crippen LogP) is 2.78. The second-order valence-electron chi connectivity index (χ2n) is 11.1. The number of alkyl carbamates (subject to hydrolysis) is 1. The number of hydrogen-bond acceptors (Lipinski definition) is 5. The number of carbonyl (C=O) groups excluding carboxylic acids is 3. The monoisotopic (exact) mass is 465 g/mol. The number of rotatable bonds is 8. The highest BCUT2D eigenvalue weighted by atomic mass is 16.6. The predicted molar refractivity (Wildman–Crippen MR) is 128 cm³/mol. The van der Waals surface area contributed by atoms with Crippen LogP contribution in [0.25, 0.3) is 0 Å². The molecule has 1 aliphatic heterocycles. The Hall–Kier alpha value is -2.32. The van der Waals surface area contributed by atoms with Gasteiger partial charge in [0.05, 0.1) is 11.9 Å². The van der Waals surface area contributed by atoms with E-state index in [0.29, 0.717) is 25.3 Å². The van der Waals surface area contributed by atoms with Gasteiger partial charge < -0.3 is 26.0 Å². The van der Waals surface area contributed by atoms with Gasteiger partial charge in [0.25, 0.3) is 0 Å². The number of hydrogen-bond donors (Lipinski definition) is 4. The number of nitrogens with zero attached hydrogens (tertiary/aromatic N) is 1. The fourth-order valence-electron chi connectivity index (χ4n) is 4.71. The number of amides is 3. The van der Waals surface area contributed by atoms with Crippen LogP contribution in [0.15, 0.2) is 0 Å². The molecular weight excluding hydrogens is 422 g/mol. The van der Waals surface area contributed by atoms with Crippen molar-refractivity contribution in [2.45, 2.75) is 97.8 Å². The molecule has 0 aromatic heterocycles. The average molecular weight is 466 g/mol. The lowest BCUT2D eigenvalue weighted by Crippen LogP contribution is -2.55. The molecule has 1 saturated heterocycles. The lowest BCUT2D eigenvalue weighted by Gasteiger charge is -2.32. The van der Waals surface area contributed by atoms with Gasteiger partial charge in [0.1, 0.15) is 12.1 Å². The zero-order valence-corrected chi connectivity index (χ0v) is 20.9. The summed E-state index contributed by atoms with van der Waals surface area (Å²) in [7, 11) is 0. The Balaban J connectivity index is 2.15. The van der Waals surface area contributed by atoms with Crippen LogP contribution >= 0.6 is 0 Å². The minimum Gasteiger partial charge on any atom is -0.447 e. The fourth-order valence-corrected chi connectivity index (χ4v) is 4.71. The summed E-state index contributed by atoms with van der Waals surface area (Å²) < 4.78 is 5.19. The van der Waals surface area contributed by atoms with E-state index in [2.05, 4.69) is 10.6 Å². The maximum Gasteiger partial charge on any atom is 0.408 e. The largest absolute Gasteiger partial charge is 0.447 e. The van der Waals surface area contributed by atoms with Crippen molar-refractivity contribution < 1.29 is 19.1 Å². The summed E-state index contributed by atoms with van der Waals surface area (Å²) in [6, 6.07) is -1.55. The smallest absolute Gasteiger partial charge is 0.408 e. The van der Waals surface area contributed by atoms with Crippen LogP contribution < -0.4 is 16.4 Å². The Morgan fingerprint density at radius 1 is 1.15 bits per heavy atom. The quantitative estimate of drug-likeness (QED) is 0.323. The van der Waals surface area contributed by atoms with Crippen molar-refractivity contribution in [3.8, 4) is 0 Å². The number of ether oxygens (including phenoxy) is 1. The molecule has 9 heteroatoms. The van der Waals surface area contributed by atoms with Crippen molar-refractivity contribution in [1.29, 1.82) is 5.41 Å². The van der Waals surface area contributed by atoms with Gasteiger partial charge in [0.2, 0.25) is 11.8 Å². The van der Waals surface area contributed by atoms with Crippen LogP contribution in [-0.4, -0.2) is 59.9 Å². The van der Waals surface area contributed by atoms with Crippen LogP contribution in [0, 0.1) is 22.7 Å². The molecule has 0 spiro atoms. The Kier molecular flexibility index (Phi) is 9.55. The highest BCUT2D eigenvalue weighted by Crippen LogP contribution is 2.28. The first kappa shape index (κ1) is 26.9. The number of amidine groups is 1. The third-order valence-corrected chi connectivity index (χ3v) is 6.37. The van der Waals surface area contributed by atoms with Crippen LogP contribution in [0.2, 0.25) is 0 Å². The van der Waals surface area contributed by atoms with E-state index in [9.17, 15) is 14.4 Å². The van der Waals surface area contributed by atoms with Gasteiger partial charge in [-0.05, 0) is 50.9 Å². The molecule has 1 aliphatic carbocycles. The molecule has 1 saturated carbocycles. The molecule has 188 valence electrons. The molecule has 0 bridgehead atoms. The second-order valence-corrected chi connectivity index (χ2v) is 11.1. The van der Waals surface area contributed by atoms with Gasteiger partial charge in [-0.3, -0.25) is 15.0 Å². The van der Waals surface area contributed by atoms with E-state index in [1.165, 1.54) is 24.2 Å². The van der Waals surface area contributed by atoms with Crippen LogP contribution in [0.1, 0.15) is 79.6 Å². The van der Waals surface area contributed by atoms with Crippen molar-refractivity contribution in [3.63, 3.8) is 0 Å². The van der Waals surface area contributed by atoms with E-state index in [4.69, 9.17) is 15.9 Å². The van der Waals surface area contributed by atoms with Crippen LogP contribution in [0.3, 0.4) is 0 Å². The number of carbonyl (C=O) groups is 3. The summed E-state index contributed by atoms with van der Waals surface area (Å²) in [5.74, 6) is -0.491. The molecule has 2 rings (SSSR count). The zero-order chi connectivity index (χ0) is 24.8. The average Bonchev–Trinajstić information content (AvgIpc) is 3.16. The van der Waals surface area contributed by atoms with Gasteiger partial charge in [-0.25, -0.2) is 4.79 Å². The summed E-state index contributed by atoms with van der Waals surface area (Å²) in [5, 5.41) is 13.6. The maximum absolute atomic E-state index is 13.6. The molecule has 2 aliphatic rings. The molecule has 5 N–H and O–H groups in total. The van der Waals surface area contributed by atoms with Gasteiger partial charge >= 0.3 is 6.09 Å². The lowest BCUT2D eigenvalue weighted by atomic mass is 9.87. The number of nitrogens with one attached hydrogen (secondary N) is 3. The van der Waals surface area contributed by atoms with Gasteiger partial charge in [-0.2, -0.15) is 0 Å². The molecule has 33 heavy (non-hydrogen) atoms. The Bertz CT molecular complexity index is 712. The van der Waals surface area contributed by atoms with Crippen molar-refractivity contribution >= 4 is 23.7 Å². The molecule has 1 heterocycles. The highest BCUT2D eigenvalue weighted by Gasteiger charge is 2.43. The summed E-state index contributed by atoms with van der Waals surface area (Å²) in [6.45, 7) is 10.2. The second kappa shape index (κ2) is 11.7. The molecule has 0 radical (unpaired) electrons. The molecule has 2 fully saturated rings. The fraction of sp³-hybridized carbons (Fsp3) is 0.833. The Morgan fingerprint density at radius 3 is 2.33 bits per heavy atom. The summed E-state index contributed by atoms with van der Waals surface area (Å²) in [6.07, 6.45) is 5.57. The van der Waals surface area contributed by atoms with Crippen LogP contribution in [0.4, 0.5) is 4.79 Å². The summed E-state index contributed by atoms with van der Waals surface area (Å²) >= 11 is 0. The van der Waals surface area contributed by atoms with E-state index >= 15 is 0 Å². The molecule has 0 aromatic rings. The first-order valence-electron chi connectivity index (χ1n) is 12.3. The first-order chi connectivity index (χ1) is 15.4. The number of nitrogens with two attached hydrogens (primary N) is 1. The van der Waals surface area contributed by atoms with E-state index in [1.54, 1.807) is 13.8 Å². The van der Waals surface area contributed by atoms with E-state index < -0.39 is 18.2 Å².